The molecule has 0 radical (unpaired) electrons. The van der Waals surface area contributed by atoms with Gasteiger partial charge in [-0.05, 0) is 55.5 Å². The molecule has 1 saturated heterocycles. The summed E-state index contributed by atoms with van der Waals surface area (Å²) in [6, 6.07) is 22.0. The van der Waals surface area contributed by atoms with Crippen molar-refractivity contribution in [3.8, 4) is 23.0 Å². The number of nitrogens with zero attached hydrogens (tertiary/aromatic N) is 3. The maximum Gasteiger partial charge on any atom is 0.254 e. The van der Waals surface area contributed by atoms with Crippen molar-refractivity contribution in [3.05, 3.63) is 84.3 Å². The number of hydrogen-bond donors (Lipinski definition) is 1. The van der Waals surface area contributed by atoms with Gasteiger partial charge in [0.15, 0.2) is 6.61 Å². The number of aryl methyl sites for hydroxylation is 1. The van der Waals surface area contributed by atoms with Crippen molar-refractivity contribution >= 4 is 23.2 Å². The number of benzene rings is 3. The molecule has 0 spiro atoms. The van der Waals surface area contributed by atoms with E-state index in [2.05, 4.69) is 15.5 Å². The predicted octanol–water partition coefficient (Wildman–Crippen LogP) is 4.62. The average Bonchev–Trinajstić information content (AvgIpc) is 3.55. The molecule has 5 rings (SSSR count). The van der Waals surface area contributed by atoms with Gasteiger partial charge >= 0.3 is 0 Å². The van der Waals surface area contributed by atoms with Crippen LogP contribution in [0.15, 0.2) is 77.2 Å². The summed E-state index contributed by atoms with van der Waals surface area (Å²) in [5.74, 6) is 1.24. The minimum atomic E-state index is -0.460. The van der Waals surface area contributed by atoms with Crippen LogP contribution in [0.2, 0.25) is 0 Å². The smallest absolute Gasteiger partial charge is 0.254 e. The van der Waals surface area contributed by atoms with E-state index >= 15 is 0 Å². The Morgan fingerprint density at radius 3 is 2.59 bits per heavy atom. The van der Waals surface area contributed by atoms with Crippen molar-refractivity contribution in [1.29, 1.82) is 0 Å². The molecule has 1 aliphatic heterocycles. The van der Waals surface area contributed by atoms with Crippen LogP contribution in [0.5, 0.6) is 11.5 Å². The Morgan fingerprint density at radius 1 is 1.05 bits per heavy atom. The lowest BCUT2D eigenvalue weighted by Crippen LogP contribution is -2.28. The fourth-order valence-electron chi connectivity index (χ4n) is 4.07. The highest BCUT2D eigenvalue weighted by Gasteiger charge is 2.35. The molecule has 2 heterocycles. The predicted molar refractivity (Wildman–Crippen MR) is 137 cm³/mol. The molecule has 1 aliphatic rings. The number of carbonyl (C=O) groups excluding carboxylic acids is 2. The molecule has 0 saturated carbocycles. The maximum atomic E-state index is 12.9. The summed E-state index contributed by atoms with van der Waals surface area (Å²) in [6.07, 6.45) is 0.147. The maximum absolute atomic E-state index is 12.9. The van der Waals surface area contributed by atoms with Crippen LogP contribution in [0.1, 0.15) is 17.9 Å². The molecule has 9 heteroatoms. The molecule has 0 bridgehead atoms. The van der Waals surface area contributed by atoms with E-state index in [1.165, 1.54) is 0 Å². The fraction of sp³-hybridized carbons (Fsp3) is 0.214. The third-order valence-electron chi connectivity index (χ3n) is 6.11. The second-order valence-electron chi connectivity index (χ2n) is 8.78. The van der Waals surface area contributed by atoms with Gasteiger partial charge in [0, 0.05) is 36.0 Å². The number of amides is 2. The second-order valence-corrected chi connectivity index (χ2v) is 8.78. The average molecular weight is 499 g/mol. The Morgan fingerprint density at radius 2 is 1.84 bits per heavy atom. The number of carbonyl (C=O) groups is 2. The zero-order valence-electron chi connectivity index (χ0n) is 20.5. The van der Waals surface area contributed by atoms with Crippen LogP contribution in [0, 0.1) is 12.8 Å². The highest BCUT2D eigenvalue weighted by atomic mass is 16.5. The second kappa shape index (κ2) is 10.5. The van der Waals surface area contributed by atoms with Crippen LogP contribution in [-0.2, 0) is 16.2 Å². The summed E-state index contributed by atoms with van der Waals surface area (Å²) in [6.45, 7) is 2.41. The molecule has 1 aromatic heterocycles. The van der Waals surface area contributed by atoms with Gasteiger partial charge in [0.2, 0.25) is 17.7 Å². The van der Waals surface area contributed by atoms with E-state index < -0.39 is 5.92 Å². The van der Waals surface area contributed by atoms with E-state index in [0.717, 1.165) is 16.8 Å². The normalized spacial score (nSPS) is 15.0. The third-order valence-corrected chi connectivity index (χ3v) is 6.11. The molecule has 3 aromatic carbocycles. The molecule has 1 atom stereocenters. The Labute approximate surface area is 214 Å². The Kier molecular flexibility index (Phi) is 6.85. The van der Waals surface area contributed by atoms with Gasteiger partial charge in [0.1, 0.15) is 11.5 Å². The lowest BCUT2D eigenvalue weighted by atomic mass is 10.1. The molecule has 1 N–H and O–H groups in total. The number of anilines is 2. The van der Waals surface area contributed by atoms with Gasteiger partial charge in [0.25, 0.3) is 5.89 Å². The van der Waals surface area contributed by atoms with E-state index in [9.17, 15) is 9.59 Å². The van der Waals surface area contributed by atoms with Crippen molar-refractivity contribution in [2.45, 2.75) is 20.0 Å². The van der Waals surface area contributed by atoms with Crippen LogP contribution in [0.3, 0.4) is 0 Å². The largest absolute Gasteiger partial charge is 0.497 e. The summed E-state index contributed by atoms with van der Waals surface area (Å²) in [5, 5.41) is 11.0. The summed E-state index contributed by atoms with van der Waals surface area (Å²) < 4.78 is 16.7. The molecule has 0 unspecified atom stereocenters. The molecule has 37 heavy (non-hydrogen) atoms. The Hall–Kier alpha value is -4.66. The Bertz CT molecular complexity index is 1400. The first-order valence-corrected chi connectivity index (χ1v) is 11.9. The Balaban J connectivity index is 1.17. The number of nitrogens with one attached hydrogen (secondary N) is 1. The van der Waals surface area contributed by atoms with E-state index in [-0.39, 0.29) is 24.8 Å². The lowest BCUT2D eigenvalue weighted by molar-refractivity contribution is -0.122. The topological polar surface area (TPSA) is 107 Å². The number of methoxy groups -OCH3 is 1. The van der Waals surface area contributed by atoms with Crippen molar-refractivity contribution in [2.24, 2.45) is 5.92 Å². The molecule has 9 nitrogen and oxygen atoms in total. The van der Waals surface area contributed by atoms with Crippen LogP contribution in [0.4, 0.5) is 11.4 Å². The SMILES string of the molecule is COc1ccc(N2C[C@@H](C(=O)Nc3cccc(OCc4nnc(-c5ccc(C)cc5)o4)c3)CC2=O)cc1. The van der Waals surface area contributed by atoms with Gasteiger partial charge in [-0.15, -0.1) is 10.2 Å². The van der Waals surface area contributed by atoms with Gasteiger partial charge < -0.3 is 24.1 Å². The van der Waals surface area contributed by atoms with Crippen molar-refractivity contribution in [2.75, 3.05) is 23.9 Å². The summed E-state index contributed by atoms with van der Waals surface area (Å²) >= 11 is 0. The minimum absolute atomic E-state index is 0.0875. The van der Waals surface area contributed by atoms with E-state index in [0.29, 0.717) is 35.5 Å². The van der Waals surface area contributed by atoms with Crippen LogP contribution in [-0.4, -0.2) is 35.7 Å². The standard InChI is InChI=1S/C28H26N4O5/c1-18-6-8-19(9-7-18)28-31-30-25(37-28)17-36-24-5-3-4-21(15-24)29-27(34)20-14-26(33)32(16-20)22-10-12-23(35-2)13-11-22/h3-13,15,20H,14,16-17H2,1-2H3,(H,29,34)/t20-/m0/s1. The quantitative estimate of drug-likeness (QED) is 0.378. The van der Waals surface area contributed by atoms with Gasteiger partial charge in [-0.3, -0.25) is 9.59 Å². The van der Waals surface area contributed by atoms with E-state index in [1.54, 1.807) is 48.4 Å². The van der Waals surface area contributed by atoms with Crippen LogP contribution in [0.25, 0.3) is 11.5 Å². The van der Waals surface area contributed by atoms with Gasteiger partial charge in [0.05, 0.1) is 13.0 Å². The summed E-state index contributed by atoms with van der Waals surface area (Å²) in [5.41, 5.74) is 3.30. The first kappa shape index (κ1) is 24.1. The summed E-state index contributed by atoms with van der Waals surface area (Å²) in [4.78, 5) is 27.1. The fourth-order valence-corrected chi connectivity index (χ4v) is 4.07. The molecular weight excluding hydrogens is 472 g/mol. The van der Waals surface area contributed by atoms with Crippen LogP contribution >= 0.6 is 0 Å². The van der Waals surface area contributed by atoms with Crippen molar-refractivity contribution in [1.82, 2.24) is 10.2 Å². The zero-order chi connectivity index (χ0) is 25.8. The third kappa shape index (κ3) is 5.61. The molecule has 0 aliphatic carbocycles. The number of aromatic nitrogens is 2. The number of hydrogen-bond acceptors (Lipinski definition) is 7. The van der Waals surface area contributed by atoms with Gasteiger partial charge in [-0.2, -0.15) is 0 Å². The van der Waals surface area contributed by atoms with Crippen molar-refractivity contribution < 1.29 is 23.5 Å². The highest BCUT2D eigenvalue weighted by Crippen LogP contribution is 2.28. The van der Waals surface area contributed by atoms with E-state index in [1.807, 2.05) is 43.3 Å². The van der Waals surface area contributed by atoms with Gasteiger partial charge in [-0.25, -0.2) is 0 Å². The molecule has 2 amide bonds. The summed E-state index contributed by atoms with van der Waals surface area (Å²) in [7, 11) is 1.59. The first-order chi connectivity index (χ1) is 18.0. The van der Waals surface area contributed by atoms with E-state index in [4.69, 9.17) is 13.9 Å². The van der Waals surface area contributed by atoms with Crippen molar-refractivity contribution in [3.63, 3.8) is 0 Å². The lowest BCUT2D eigenvalue weighted by Gasteiger charge is -2.17. The minimum Gasteiger partial charge on any atom is -0.497 e. The number of rotatable bonds is 8. The van der Waals surface area contributed by atoms with Crippen LogP contribution < -0.4 is 19.7 Å². The zero-order valence-corrected chi connectivity index (χ0v) is 20.5. The monoisotopic (exact) mass is 498 g/mol. The molecule has 4 aromatic rings. The highest BCUT2D eigenvalue weighted by molar-refractivity contribution is 6.03. The number of ether oxygens (including phenoxy) is 2. The molecule has 188 valence electrons. The molecule has 1 fully saturated rings. The molecular formula is C28H26N4O5. The first-order valence-electron chi connectivity index (χ1n) is 11.9. The van der Waals surface area contributed by atoms with Gasteiger partial charge in [-0.1, -0.05) is 23.8 Å².